The minimum absolute atomic E-state index is 0.115. The number of nitrogens with one attached hydrogen (secondary N) is 1. The molecule has 5 heteroatoms. The molecule has 1 N–H and O–H groups in total. The number of ether oxygens (including phenoxy) is 2. The van der Waals surface area contributed by atoms with Gasteiger partial charge in [0.25, 0.3) is 0 Å². The molecule has 0 heterocycles. The van der Waals surface area contributed by atoms with Crippen LogP contribution in [0.25, 0.3) is 0 Å². The van der Waals surface area contributed by atoms with Crippen molar-refractivity contribution in [3.8, 4) is 0 Å². The summed E-state index contributed by atoms with van der Waals surface area (Å²) in [4.78, 5) is 13.0. The first-order valence-electron chi connectivity index (χ1n) is 6.18. The van der Waals surface area contributed by atoms with Crippen molar-refractivity contribution in [1.82, 2.24) is 10.2 Å². The Morgan fingerprint density at radius 2 is 2.18 bits per heavy atom. The molecule has 0 spiro atoms. The van der Waals surface area contributed by atoms with Crippen LogP contribution in [0.15, 0.2) is 0 Å². The van der Waals surface area contributed by atoms with Crippen molar-refractivity contribution < 1.29 is 14.3 Å². The van der Waals surface area contributed by atoms with Crippen LogP contribution in [-0.2, 0) is 14.3 Å². The van der Waals surface area contributed by atoms with Crippen LogP contribution in [0.3, 0.4) is 0 Å². The summed E-state index contributed by atoms with van der Waals surface area (Å²) in [6.45, 7) is 3.40. The molecule has 1 saturated carbocycles. The molecule has 1 aliphatic rings. The van der Waals surface area contributed by atoms with Crippen LogP contribution in [0, 0.1) is 0 Å². The third-order valence-electron chi connectivity index (χ3n) is 3.15. The molecular formula is C12H24N2O3. The summed E-state index contributed by atoms with van der Waals surface area (Å²) in [5, 5.41) is 3.34. The van der Waals surface area contributed by atoms with E-state index in [1.165, 1.54) is 0 Å². The average molecular weight is 244 g/mol. The van der Waals surface area contributed by atoms with E-state index >= 15 is 0 Å². The smallest absolute Gasteiger partial charge is 0.223 e. The Balaban J connectivity index is 2.19. The highest BCUT2D eigenvalue weighted by atomic mass is 16.5. The van der Waals surface area contributed by atoms with Gasteiger partial charge in [-0.3, -0.25) is 4.79 Å². The SMILES string of the molecule is CCOC1CC(NCCC(=O)N(C)C)C1OC. The Hall–Kier alpha value is -0.650. The van der Waals surface area contributed by atoms with Crippen molar-refractivity contribution in [3.63, 3.8) is 0 Å². The minimum atomic E-state index is 0.115. The van der Waals surface area contributed by atoms with Crippen molar-refractivity contribution in [3.05, 3.63) is 0 Å². The van der Waals surface area contributed by atoms with Gasteiger partial charge in [-0.25, -0.2) is 0 Å². The van der Waals surface area contributed by atoms with Gasteiger partial charge in [-0.2, -0.15) is 0 Å². The van der Waals surface area contributed by atoms with E-state index in [2.05, 4.69) is 5.32 Å². The van der Waals surface area contributed by atoms with Crippen LogP contribution in [-0.4, -0.2) is 63.4 Å². The van der Waals surface area contributed by atoms with Gasteiger partial charge in [-0.05, 0) is 13.3 Å². The fourth-order valence-electron chi connectivity index (χ4n) is 2.06. The Morgan fingerprint density at radius 1 is 1.47 bits per heavy atom. The number of amides is 1. The van der Waals surface area contributed by atoms with E-state index < -0.39 is 0 Å². The average Bonchev–Trinajstić information content (AvgIpc) is 2.26. The van der Waals surface area contributed by atoms with Crippen LogP contribution in [0.5, 0.6) is 0 Å². The zero-order chi connectivity index (χ0) is 12.8. The molecule has 1 rings (SSSR count). The first-order chi connectivity index (χ1) is 8.10. The molecule has 1 aliphatic carbocycles. The van der Waals surface area contributed by atoms with Crippen LogP contribution in [0.1, 0.15) is 19.8 Å². The zero-order valence-electron chi connectivity index (χ0n) is 11.2. The fraction of sp³-hybridized carbons (Fsp3) is 0.917. The summed E-state index contributed by atoms with van der Waals surface area (Å²) in [5.74, 6) is 0.146. The molecule has 100 valence electrons. The molecule has 5 nitrogen and oxygen atoms in total. The number of nitrogens with zero attached hydrogens (tertiary/aromatic N) is 1. The molecule has 0 aromatic rings. The van der Waals surface area contributed by atoms with E-state index in [9.17, 15) is 4.79 Å². The maximum Gasteiger partial charge on any atom is 0.223 e. The van der Waals surface area contributed by atoms with Crippen molar-refractivity contribution >= 4 is 5.91 Å². The molecule has 0 bridgehead atoms. The molecule has 0 aromatic heterocycles. The van der Waals surface area contributed by atoms with Gasteiger partial charge in [0.05, 0.1) is 12.2 Å². The van der Waals surface area contributed by atoms with Crippen LogP contribution < -0.4 is 5.32 Å². The Labute approximate surface area is 103 Å². The third-order valence-corrected chi connectivity index (χ3v) is 3.15. The maximum absolute atomic E-state index is 11.4. The standard InChI is InChI=1S/C12H24N2O3/c1-5-17-10-8-9(12(10)16-4)13-7-6-11(15)14(2)3/h9-10,12-13H,5-8H2,1-4H3. The van der Waals surface area contributed by atoms with Crippen molar-refractivity contribution in [2.75, 3.05) is 34.4 Å². The molecule has 1 fully saturated rings. The highest BCUT2D eigenvalue weighted by molar-refractivity contribution is 5.75. The van der Waals surface area contributed by atoms with Crippen LogP contribution >= 0.6 is 0 Å². The lowest BCUT2D eigenvalue weighted by Crippen LogP contribution is -2.60. The second kappa shape index (κ2) is 6.93. The molecular weight excluding hydrogens is 220 g/mol. The lowest BCUT2D eigenvalue weighted by atomic mass is 9.85. The Morgan fingerprint density at radius 3 is 2.71 bits per heavy atom. The van der Waals surface area contributed by atoms with E-state index in [0.29, 0.717) is 19.0 Å². The monoisotopic (exact) mass is 244 g/mol. The summed E-state index contributed by atoms with van der Waals surface area (Å²) >= 11 is 0. The van der Waals surface area contributed by atoms with Gasteiger partial charge in [-0.15, -0.1) is 0 Å². The highest BCUT2D eigenvalue weighted by Crippen LogP contribution is 2.26. The molecule has 17 heavy (non-hydrogen) atoms. The van der Waals surface area contributed by atoms with E-state index in [-0.39, 0.29) is 18.1 Å². The van der Waals surface area contributed by atoms with E-state index in [1.54, 1.807) is 26.1 Å². The van der Waals surface area contributed by atoms with E-state index in [4.69, 9.17) is 9.47 Å². The molecule has 0 aromatic carbocycles. The quantitative estimate of drug-likeness (QED) is 0.697. The molecule has 0 saturated heterocycles. The summed E-state index contributed by atoms with van der Waals surface area (Å²) < 4.78 is 10.9. The van der Waals surface area contributed by atoms with Gasteiger partial charge in [-0.1, -0.05) is 0 Å². The number of carbonyl (C=O) groups is 1. The van der Waals surface area contributed by atoms with Gasteiger partial charge < -0.3 is 19.7 Å². The van der Waals surface area contributed by atoms with E-state index in [1.807, 2.05) is 6.92 Å². The molecule has 3 atom stereocenters. The maximum atomic E-state index is 11.4. The van der Waals surface area contributed by atoms with Gasteiger partial charge in [0.2, 0.25) is 5.91 Å². The topological polar surface area (TPSA) is 50.8 Å². The van der Waals surface area contributed by atoms with Gasteiger partial charge in [0.1, 0.15) is 0 Å². The van der Waals surface area contributed by atoms with Gasteiger partial charge >= 0.3 is 0 Å². The molecule has 0 radical (unpaired) electrons. The van der Waals surface area contributed by atoms with Crippen LogP contribution in [0.2, 0.25) is 0 Å². The van der Waals surface area contributed by atoms with Crippen molar-refractivity contribution in [1.29, 1.82) is 0 Å². The second-order valence-electron chi connectivity index (χ2n) is 4.53. The number of hydrogen-bond donors (Lipinski definition) is 1. The minimum Gasteiger partial charge on any atom is -0.377 e. The lowest BCUT2D eigenvalue weighted by molar-refractivity contribution is -0.133. The highest BCUT2D eigenvalue weighted by Gasteiger charge is 2.41. The first-order valence-corrected chi connectivity index (χ1v) is 6.18. The van der Waals surface area contributed by atoms with Gasteiger partial charge in [0, 0.05) is 46.8 Å². The summed E-state index contributed by atoms with van der Waals surface area (Å²) in [5.41, 5.74) is 0. The first kappa shape index (κ1) is 14.4. The van der Waals surface area contributed by atoms with Crippen molar-refractivity contribution in [2.24, 2.45) is 0 Å². The third kappa shape index (κ3) is 3.94. The molecule has 0 aliphatic heterocycles. The Bertz CT molecular complexity index is 246. The number of rotatable bonds is 7. The number of methoxy groups -OCH3 is 1. The second-order valence-corrected chi connectivity index (χ2v) is 4.53. The molecule has 3 unspecified atom stereocenters. The zero-order valence-corrected chi connectivity index (χ0v) is 11.2. The largest absolute Gasteiger partial charge is 0.377 e. The van der Waals surface area contributed by atoms with Crippen LogP contribution in [0.4, 0.5) is 0 Å². The summed E-state index contributed by atoms with van der Waals surface area (Å²) in [6.07, 6.45) is 1.80. The van der Waals surface area contributed by atoms with Crippen molar-refractivity contribution in [2.45, 2.75) is 38.0 Å². The fourth-order valence-corrected chi connectivity index (χ4v) is 2.06. The Kier molecular flexibility index (Phi) is 5.88. The number of hydrogen-bond acceptors (Lipinski definition) is 4. The summed E-state index contributed by atoms with van der Waals surface area (Å²) in [7, 11) is 5.25. The normalized spacial score (nSPS) is 27.6. The predicted molar refractivity (Wildman–Crippen MR) is 65.9 cm³/mol. The van der Waals surface area contributed by atoms with E-state index in [0.717, 1.165) is 13.0 Å². The predicted octanol–water partition coefficient (Wildman–Crippen LogP) is 0.247. The summed E-state index contributed by atoms with van der Waals surface area (Å²) in [6, 6.07) is 0.312. The number of carbonyl (C=O) groups excluding carboxylic acids is 1. The lowest BCUT2D eigenvalue weighted by Gasteiger charge is -2.43. The molecule has 1 amide bonds. The van der Waals surface area contributed by atoms with Gasteiger partial charge in [0.15, 0.2) is 0 Å².